The number of carbonyl (C=O) groups is 2. The zero-order valence-electron chi connectivity index (χ0n) is 16.0. The molecular weight excluding hydrogens is 342 g/mol. The average Bonchev–Trinajstić information content (AvgIpc) is 2.61. The maximum absolute atomic E-state index is 12.1. The number of aryl methyl sites for hydroxylation is 1. The summed E-state index contributed by atoms with van der Waals surface area (Å²) in [6, 6.07) is 12.5. The second kappa shape index (κ2) is 9.43. The predicted octanol–water partition coefficient (Wildman–Crippen LogP) is 4.19. The highest BCUT2D eigenvalue weighted by Gasteiger charge is 2.04. The van der Waals surface area contributed by atoms with Gasteiger partial charge in [-0.05, 0) is 63.2 Å². The largest absolute Gasteiger partial charge is 0.496 e. The van der Waals surface area contributed by atoms with Crippen molar-refractivity contribution < 1.29 is 14.3 Å². The van der Waals surface area contributed by atoms with Crippen molar-refractivity contribution in [2.45, 2.75) is 26.8 Å². The van der Waals surface area contributed by atoms with Crippen molar-refractivity contribution in [2.75, 3.05) is 17.7 Å². The quantitative estimate of drug-likeness (QED) is 0.670. The van der Waals surface area contributed by atoms with Crippen LogP contribution < -0.4 is 20.7 Å². The number of carbonyl (C=O) groups excluding carboxylic acids is 2. The zero-order valence-corrected chi connectivity index (χ0v) is 16.0. The van der Waals surface area contributed by atoms with E-state index in [-0.39, 0.29) is 18.0 Å². The first-order valence-electron chi connectivity index (χ1n) is 8.68. The molecule has 0 fully saturated rings. The fourth-order valence-electron chi connectivity index (χ4n) is 2.40. The highest BCUT2D eigenvalue weighted by molar-refractivity contribution is 6.02. The van der Waals surface area contributed by atoms with E-state index in [0.29, 0.717) is 17.1 Å². The number of hydrogen-bond donors (Lipinski definition) is 3. The Hall–Kier alpha value is -3.28. The molecule has 0 unspecified atom stereocenters. The van der Waals surface area contributed by atoms with Gasteiger partial charge >= 0.3 is 6.03 Å². The number of nitrogens with one attached hydrogen (secondary N) is 3. The zero-order chi connectivity index (χ0) is 19.8. The lowest BCUT2D eigenvalue weighted by Crippen LogP contribution is -2.34. The topological polar surface area (TPSA) is 79.5 Å². The van der Waals surface area contributed by atoms with Crippen molar-refractivity contribution >= 4 is 29.4 Å². The molecule has 2 aromatic rings. The van der Waals surface area contributed by atoms with Crippen molar-refractivity contribution in [3.05, 3.63) is 59.7 Å². The lowest BCUT2D eigenvalue weighted by Gasteiger charge is -2.10. The smallest absolute Gasteiger partial charge is 0.319 e. The molecule has 2 aromatic carbocycles. The van der Waals surface area contributed by atoms with Gasteiger partial charge in [-0.1, -0.05) is 11.6 Å². The summed E-state index contributed by atoms with van der Waals surface area (Å²) in [5.74, 6) is 0.455. The molecule has 6 nitrogen and oxygen atoms in total. The molecule has 0 aliphatic carbocycles. The molecule has 0 bridgehead atoms. The van der Waals surface area contributed by atoms with E-state index in [0.717, 1.165) is 11.1 Å². The summed E-state index contributed by atoms with van der Waals surface area (Å²) in [5, 5.41) is 8.25. The lowest BCUT2D eigenvalue weighted by atomic mass is 10.1. The highest BCUT2D eigenvalue weighted by Crippen LogP contribution is 2.21. The van der Waals surface area contributed by atoms with Gasteiger partial charge in [0.15, 0.2) is 0 Å². The van der Waals surface area contributed by atoms with Gasteiger partial charge in [0, 0.05) is 29.1 Å². The Balaban J connectivity index is 1.96. The number of benzene rings is 2. The molecule has 0 saturated heterocycles. The molecule has 6 heteroatoms. The Morgan fingerprint density at radius 2 is 1.63 bits per heavy atom. The van der Waals surface area contributed by atoms with Crippen LogP contribution in [0.3, 0.4) is 0 Å². The molecule has 2 rings (SSSR count). The Bertz CT molecular complexity index is 827. The molecule has 3 amide bonds. The van der Waals surface area contributed by atoms with E-state index in [1.807, 2.05) is 39.0 Å². The highest BCUT2D eigenvalue weighted by atomic mass is 16.5. The molecule has 0 saturated carbocycles. The summed E-state index contributed by atoms with van der Waals surface area (Å²) in [6.45, 7) is 5.75. The fourth-order valence-corrected chi connectivity index (χ4v) is 2.40. The molecule has 0 radical (unpaired) electrons. The van der Waals surface area contributed by atoms with Crippen molar-refractivity contribution in [3.8, 4) is 5.75 Å². The molecule has 0 spiro atoms. The van der Waals surface area contributed by atoms with Crippen LogP contribution in [0.25, 0.3) is 6.08 Å². The van der Waals surface area contributed by atoms with Crippen LogP contribution in [0.1, 0.15) is 25.0 Å². The number of urea groups is 1. The lowest BCUT2D eigenvalue weighted by molar-refractivity contribution is -0.111. The van der Waals surface area contributed by atoms with E-state index in [4.69, 9.17) is 4.74 Å². The SMILES string of the molecule is COc1ccc(C)cc1/C=C/C(=O)Nc1ccc(NC(=O)NC(C)C)cc1. The van der Waals surface area contributed by atoms with Crippen LogP contribution in [-0.4, -0.2) is 25.1 Å². The second-order valence-corrected chi connectivity index (χ2v) is 6.40. The van der Waals surface area contributed by atoms with Gasteiger partial charge in [-0.2, -0.15) is 0 Å². The third-order valence-corrected chi connectivity index (χ3v) is 3.63. The number of ether oxygens (including phenoxy) is 1. The molecule has 0 aliphatic rings. The second-order valence-electron chi connectivity index (χ2n) is 6.40. The minimum absolute atomic E-state index is 0.0578. The molecular formula is C21H25N3O3. The van der Waals surface area contributed by atoms with Crippen LogP contribution >= 0.6 is 0 Å². The van der Waals surface area contributed by atoms with Gasteiger partial charge in [-0.25, -0.2) is 4.79 Å². The molecule has 3 N–H and O–H groups in total. The van der Waals surface area contributed by atoms with Crippen LogP contribution in [0.2, 0.25) is 0 Å². The average molecular weight is 367 g/mol. The van der Waals surface area contributed by atoms with Gasteiger partial charge in [-0.3, -0.25) is 4.79 Å². The molecule has 0 atom stereocenters. The minimum atomic E-state index is -0.267. The molecule has 0 aliphatic heterocycles. The van der Waals surface area contributed by atoms with Crippen LogP contribution in [0.15, 0.2) is 48.5 Å². The molecule has 0 aromatic heterocycles. The van der Waals surface area contributed by atoms with E-state index in [9.17, 15) is 9.59 Å². The summed E-state index contributed by atoms with van der Waals surface area (Å²) in [7, 11) is 1.60. The van der Waals surface area contributed by atoms with Gasteiger partial charge in [0.25, 0.3) is 0 Å². The maximum Gasteiger partial charge on any atom is 0.319 e. The standard InChI is InChI=1S/C21H25N3O3/c1-14(2)22-21(26)24-18-9-7-17(8-10-18)23-20(25)12-6-16-13-15(3)5-11-19(16)27-4/h5-14H,1-4H3,(H,23,25)(H2,22,24,26)/b12-6+. The molecule has 0 heterocycles. The van der Waals surface area contributed by atoms with E-state index >= 15 is 0 Å². The number of hydrogen-bond acceptors (Lipinski definition) is 3. The van der Waals surface area contributed by atoms with Gasteiger partial charge in [-0.15, -0.1) is 0 Å². The van der Waals surface area contributed by atoms with Crippen LogP contribution in [0.5, 0.6) is 5.75 Å². The van der Waals surface area contributed by atoms with Gasteiger partial charge in [0.05, 0.1) is 7.11 Å². The number of amides is 3. The normalized spacial score (nSPS) is 10.7. The first-order valence-corrected chi connectivity index (χ1v) is 8.68. The van der Waals surface area contributed by atoms with Gasteiger partial charge < -0.3 is 20.7 Å². The van der Waals surface area contributed by atoms with Crippen LogP contribution in [0, 0.1) is 6.92 Å². The maximum atomic E-state index is 12.1. The Labute approximate surface area is 159 Å². The summed E-state index contributed by atoms with van der Waals surface area (Å²) < 4.78 is 5.30. The van der Waals surface area contributed by atoms with Crippen LogP contribution in [0.4, 0.5) is 16.2 Å². The monoisotopic (exact) mass is 367 g/mol. The summed E-state index contributed by atoms with van der Waals surface area (Å²) in [4.78, 5) is 23.8. The van der Waals surface area contributed by atoms with Crippen molar-refractivity contribution in [1.82, 2.24) is 5.32 Å². The predicted molar refractivity (Wildman–Crippen MR) is 109 cm³/mol. The van der Waals surface area contributed by atoms with Crippen molar-refractivity contribution in [2.24, 2.45) is 0 Å². The van der Waals surface area contributed by atoms with Crippen molar-refractivity contribution in [1.29, 1.82) is 0 Å². The molecule has 27 heavy (non-hydrogen) atoms. The molecule has 142 valence electrons. The first-order chi connectivity index (χ1) is 12.9. The minimum Gasteiger partial charge on any atom is -0.496 e. The summed E-state index contributed by atoms with van der Waals surface area (Å²) in [6.07, 6.45) is 3.17. The Kier molecular flexibility index (Phi) is 7.00. The third-order valence-electron chi connectivity index (χ3n) is 3.63. The summed E-state index contributed by atoms with van der Waals surface area (Å²) >= 11 is 0. The Morgan fingerprint density at radius 1 is 1.00 bits per heavy atom. The number of methoxy groups -OCH3 is 1. The fraction of sp³-hybridized carbons (Fsp3) is 0.238. The number of rotatable bonds is 6. The van der Waals surface area contributed by atoms with Crippen LogP contribution in [-0.2, 0) is 4.79 Å². The first kappa shape index (κ1) is 20.0. The van der Waals surface area contributed by atoms with E-state index in [1.54, 1.807) is 37.5 Å². The number of anilines is 2. The van der Waals surface area contributed by atoms with Crippen molar-refractivity contribution in [3.63, 3.8) is 0 Å². The van der Waals surface area contributed by atoms with E-state index in [2.05, 4.69) is 16.0 Å². The Morgan fingerprint density at radius 3 is 2.22 bits per heavy atom. The van der Waals surface area contributed by atoms with Gasteiger partial charge in [0.2, 0.25) is 5.91 Å². The van der Waals surface area contributed by atoms with Gasteiger partial charge in [0.1, 0.15) is 5.75 Å². The third kappa shape index (κ3) is 6.51. The van der Waals surface area contributed by atoms with E-state index in [1.165, 1.54) is 6.08 Å². The summed E-state index contributed by atoms with van der Waals surface area (Å²) in [5.41, 5.74) is 3.20. The van der Waals surface area contributed by atoms with E-state index < -0.39 is 0 Å².